The summed E-state index contributed by atoms with van der Waals surface area (Å²) in [6.45, 7) is 3.51. The largest absolute Gasteiger partial charge is 0.507 e. The molecule has 0 radical (unpaired) electrons. The van der Waals surface area contributed by atoms with Gasteiger partial charge in [0.25, 0.3) is 5.91 Å². The summed E-state index contributed by atoms with van der Waals surface area (Å²) in [5.41, 5.74) is 4.53. The Labute approximate surface area is 111 Å². The quantitative estimate of drug-likeness (QED) is 0.617. The molecule has 1 aromatic carbocycles. The SMILES string of the molecule is CCC(C)(NC(=O)c1c(O)cccc1O)C(N)=S. The van der Waals surface area contributed by atoms with E-state index in [4.69, 9.17) is 18.0 Å². The van der Waals surface area contributed by atoms with Gasteiger partial charge in [-0.1, -0.05) is 25.2 Å². The second-order valence-electron chi connectivity index (χ2n) is 4.18. The first-order chi connectivity index (χ1) is 8.31. The number of amides is 1. The number of rotatable bonds is 4. The zero-order valence-electron chi connectivity index (χ0n) is 10.2. The molecule has 6 heteroatoms. The summed E-state index contributed by atoms with van der Waals surface area (Å²) in [4.78, 5) is 12.2. The Kier molecular flexibility index (Phi) is 4.13. The highest BCUT2D eigenvalue weighted by Crippen LogP contribution is 2.26. The van der Waals surface area contributed by atoms with Gasteiger partial charge in [-0.2, -0.15) is 0 Å². The third-order valence-corrected chi connectivity index (χ3v) is 3.34. The van der Waals surface area contributed by atoms with E-state index in [0.717, 1.165) is 0 Å². The molecule has 0 saturated carbocycles. The average Bonchev–Trinajstić information content (AvgIpc) is 2.28. The van der Waals surface area contributed by atoms with Crippen LogP contribution in [0.4, 0.5) is 0 Å². The zero-order valence-corrected chi connectivity index (χ0v) is 11.0. The van der Waals surface area contributed by atoms with Crippen LogP contribution in [0.3, 0.4) is 0 Å². The maximum atomic E-state index is 12.0. The van der Waals surface area contributed by atoms with Crippen molar-refractivity contribution in [3.8, 4) is 11.5 Å². The van der Waals surface area contributed by atoms with Crippen LogP contribution >= 0.6 is 12.2 Å². The van der Waals surface area contributed by atoms with Crippen molar-refractivity contribution in [2.45, 2.75) is 25.8 Å². The average molecular weight is 268 g/mol. The van der Waals surface area contributed by atoms with E-state index in [1.807, 2.05) is 6.92 Å². The van der Waals surface area contributed by atoms with Crippen molar-refractivity contribution in [2.24, 2.45) is 5.73 Å². The van der Waals surface area contributed by atoms with Crippen molar-refractivity contribution in [3.63, 3.8) is 0 Å². The molecule has 0 aliphatic rings. The van der Waals surface area contributed by atoms with Gasteiger partial charge < -0.3 is 21.3 Å². The van der Waals surface area contributed by atoms with Gasteiger partial charge in [-0.15, -0.1) is 0 Å². The number of thiocarbonyl (C=S) groups is 1. The zero-order chi connectivity index (χ0) is 13.9. The first-order valence-corrected chi connectivity index (χ1v) is 5.86. The molecule has 5 nitrogen and oxygen atoms in total. The number of hydrogen-bond acceptors (Lipinski definition) is 4. The molecular weight excluding hydrogens is 252 g/mol. The molecule has 0 aliphatic carbocycles. The second-order valence-corrected chi connectivity index (χ2v) is 4.62. The van der Waals surface area contributed by atoms with Crippen LogP contribution in [-0.4, -0.2) is 26.6 Å². The molecule has 0 bridgehead atoms. The number of carbonyl (C=O) groups is 1. The van der Waals surface area contributed by atoms with E-state index in [-0.39, 0.29) is 22.1 Å². The molecule has 18 heavy (non-hydrogen) atoms. The molecule has 5 N–H and O–H groups in total. The van der Waals surface area contributed by atoms with Crippen LogP contribution in [0.2, 0.25) is 0 Å². The van der Waals surface area contributed by atoms with Gasteiger partial charge in [-0.3, -0.25) is 4.79 Å². The van der Waals surface area contributed by atoms with Gasteiger partial charge in [0.15, 0.2) is 0 Å². The van der Waals surface area contributed by atoms with E-state index >= 15 is 0 Å². The number of benzene rings is 1. The maximum absolute atomic E-state index is 12.0. The van der Waals surface area contributed by atoms with Gasteiger partial charge in [-0.25, -0.2) is 0 Å². The van der Waals surface area contributed by atoms with E-state index in [1.54, 1.807) is 6.92 Å². The summed E-state index contributed by atoms with van der Waals surface area (Å²) in [5, 5.41) is 21.8. The first kappa shape index (κ1) is 14.2. The molecule has 0 heterocycles. The molecule has 0 fully saturated rings. The molecule has 0 aromatic heterocycles. The lowest BCUT2D eigenvalue weighted by Gasteiger charge is -2.28. The summed E-state index contributed by atoms with van der Waals surface area (Å²) in [7, 11) is 0. The van der Waals surface area contributed by atoms with E-state index in [2.05, 4.69) is 5.32 Å². The van der Waals surface area contributed by atoms with Crippen LogP contribution in [0.1, 0.15) is 30.6 Å². The summed E-state index contributed by atoms with van der Waals surface area (Å²) in [6.07, 6.45) is 0.502. The fraction of sp³-hybridized carbons (Fsp3) is 0.333. The number of aromatic hydroxyl groups is 2. The van der Waals surface area contributed by atoms with E-state index in [0.29, 0.717) is 6.42 Å². The molecule has 1 rings (SSSR count). The first-order valence-electron chi connectivity index (χ1n) is 5.45. The Balaban J connectivity index is 3.06. The summed E-state index contributed by atoms with van der Waals surface area (Å²) in [6, 6.07) is 4.07. The lowest BCUT2D eigenvalue weighted by atomic mass is 9.98. The van der Waals surface area contributed by atoms with Crippen LogP contribution in [0.15, 0.2) is 18.2 Å². The van der Waals surface area contributed by atoms with E-state index in [1.165, 1.54) is 18.2 Å². The van der Waals surface area contributed by atoms with Crippen molar-refractivity contribution in [2.75, 3.05) is 0 Å². The molecular formula is C12H16N2O3S. The smallest absolute Gasteiger partial charge is 0.259 e. The molecule has 0 saturated heterocycles. The topological polar surface area (TPSA) is 95.6 Å². The Bertz CT molecular complexity index is 470. The Morgan fingerprint density at radius 2 is 1.94 bits per heavy atom. The van der Waals surface area contributed by atoms with Crippen molar-refractivity contribution in [1.82, 2.24) is 5.32 Å². The monoisotopic (exact) mass is 268 g/mol. The summed E-state index contributed by atoms with van der Waals surface area (Å²) < 4.78 is 0. The van der Waals surface area contributed by atoms with Crippen molar-refractivity contribution >= 4 is 23.1 Å². The van der Waals surface area contributed by atoms with Gasteiger partial charge in [0.1, 0.15) is 17.1 Å². The van der Waals surface area contributed by atoms with E-state index in [9.17, 15) is 15.0 Å². The van der Waals surface area contributed by atoms with Crippen LogP contribution < -0.4 is 11.1 Å². The molecule has 0 aliphatic heterocycles. The highest BCUT2D eigenvalue weighted by atomic mass is 32.1. The number of hydrogen-bond donors (Lipinski definition) is 4. The Hall–Kier alpha value is -1.82. The minimum Gasteiger partial charge on any atom is -0.507 e. The highest BCUT2D eigenvalue weighted by Gasteiger charge is 2.29. The Morgan fingerprint density at radius 3 is 2.33 bits per heavy atom. The standard InChI is InChI=1S/C12H16N2O3S/c1-3-12(2,11(13)18)14-10(17)9-7(15)5-4-6-8(9)16/h4-6,15-16H,3H2,1-2H3,(H2,13,18)(H,14,17). The van der Waals surface area contributed by atoms with Crippen LogP contribution in [-0.2, 0) is 0 Å². The normalized spacial score (nSPS) is 13.7. The lowest BCUT2D eigenvalue weighted by molar-refractivity contribution is 0.0921. The fourth-order valence-electron chi connectivity index (χ4n) is 1.40. The molecule has 0 spiro atoms. The molecule has 1 aromatic rings. The second kappa shape index (κ2) is 5.22. The third-order valence-electron chi connectivity index (χ3n) is 2.89. The minimum atomic E-state index is -0.860. The number of carbonyl (C=O) groups excluding carboxylic acids is 1. The third kappa shape index (κ3) is 2.70. The molecule has 1 atom stereocenters. The molecule has 1 unspecified atom stereocenters. The summed E-state index contributed by atoms with van der Waals surface area (Å²) >= 11 is 4.90. The van der Waals surface area contributed by atoms with Gasteiger partial charge >= 0.3 is 0 Å². The number of nitrogens with one attached hydrogen (secondary N) is 1. The maximum Gasteiger partial charge on any atom is 0.259 e. The fourth-order valence-corrected chi connectivity index (χ4v) is 1.59. The number of nitrogens with two attached hydrogens (primary N) is 1. The predicted molar refractivity (Wildman–Crippen MR) is 72.7 cm³/mol. The molecule has 1 amide bonds. The molecule has 98 valence electrons. The van der Waals surface area contributed by atoms with Gasteiger partial charge in [0.2, 0.25) is 0 Å². The van der Waals surface area contributed by atoms with Crippen LogP contribution in [0, 0.1) is 0 Å². The predicted octanol–water partition coefficient (Wildman–Crippen LogP) is 1.28. The van der Waals surface area contributed by atoms with E-state index < -0.39 is 11.4 Å². The highest BCUT2D eigenvalue weighted by molar-refractivity contribution is 7.80. The van der Waals surface area contributed by atoms with Crippen molar-refractivity contribution in [1.29, 1.82) is 0 Å². The summed E-state index contributed by atoms with van der Waals surface area (Å²) in [5.74, 6) is -1.22. The minimum absolute atomic E-state index is 0.147. The van der Waals surface area contributed by atoms with Crippen molar-refractivity contribution < 1.29 is 15.0 Å². The number of phenolic OH excluding ortho intramolecular Hbond substituents is 2. The Morgan fingerprint density at radius 1 is 1.44 bits per heavy atom. The van der Waals surface area contributed by atoms with Crippen LogP contribution in [0.5, 0.6) is 11.5 Å². The van der Waals surface area contributed by atoms with Gasteiger partial charge in [0.05, 0.1) is 10.5 Å². The van der Waals surface area contributed by atoms with Crippen LogP contribution in [0.25, 0.3) is 0 Å². The van der Waals surface area contributed by atoms with Gasteiger partial charge in [-0.05, 0) is 25.5 Å². The van der Waals surface area contributed by atoms with Crippen molar-refractivity contribution in [3.05, 3.63) is 23.8 Å². The van der Waals surface area contributed by atoms with Gasteiger partial charge in [0, 0.05) is 0 Å². The lowest BCUT2D eigenvalue weighted by Crippen LogP contribution is -2.54. The number of phenols is 2.